The second-order valence-electron chi connectivity index (χ2n) is 4.31. The van der Waals surface area contributed by atoms with Gasteiger partial charge in [-0.1, -0.05) is 17.7 Å². The number of thioether (sulfide) groups is 1. The van der Waals surface area contributed by atoms with Crippen LogP contribution >= 0.6 is 46.0 Å². The first-order valence-corrected chi connectivity index (χ1v) is 8.34. The quantitative estimate of drug-likeness (QED) is 0.560. The van der Waals surface area contributed by atoms with Crippen molar-refractivity contribution >= 4 is 51.7 Å². The van der Waals surface area contributed by atoms with E-state index in [0.29, 0.717) is 17.4 Å². The van der Waals surface area contributed by atoms with Crippen molar-refractivity contribution < 1.29 is 4.79 Å². The van der Waals surface area contributed by atoms with Gasteiger partial charge in [0, 0.05) is 15.6 Å². The summed E-state index contributed by atoms with van der Waals surface area (Å²) in [5.41, 5.74) is 0.758. The van der Waals surface area contributed by atoms with Crippen molar-refractivity contribution in [2.75, 3.05) is 11.5 Å². The van der Waals surface area contributed by atoms with Gasteiger partial charge in [0.15, 0.2) is 5.78 Å². The molecule has 0 amide bonds. The molecule has 0 aromatic heterocycles. The summed E-state index contributed by atoms with van der Waals surface area (Å²) in [6.07, 6.45) is 3.03. The Kier molecular flexibility index (Phi) is 5.18. The Bertz CT molecular complexity index is 416. The maximum Gasteiger partial charge on any atom is 0.163 e. The molecule has 0 N–H and O–H groups in total. The van der Waals surface area contributed by atoms with Gasteiger partial charge in [-0.15, -0.1) is 0 Å². The summed E-state index contributed by atoms with van der Waals surface area (Å²) < 4.78 is 0.995. The van der Waals surface area contributed by atoms with Gasteiger partial charge in [0.2, 0.25) is 0 Å². The summed E-state index contributed by atoms with van der Waals surface area (Å²) in [7, 11) is 0. The van der Waals surface area contributed by atoms with Crippen molar-refractivity contribution in [2.24, 2.45) is 5.92 Å². The summed E-state index contributed by atoms with van der Waals surface area (Å²) in [4.78, 5) is 12.1. The Labute approximate surface area is 125 Å². The number of hydrogen-bond donors (Lipinski definition) is 0. The first-order chi connectivity index (χ1) is 8.16. The Morgan fingerprint density at radius 2 is 2.12 bits per heavy atom. The molecule has 1 aromatic carbocycles. The number of benzene rings is 1. The van der Waals surface area contributed by atoms with Gasteiger partial charge in [-0.2, -0.15) is 11.8 Å². The van der Waals surface area contributed by atoms with Gasteiger partial charge in [0.25, 0.3) is 0 Å². The minimum Gasteiger partial charge on any atom is -0.294 e. The van der Waals surface area contributed by atoms with Crippen molar-refractivity contribution in [3.63, 3.8) is 0 Å². The SMILES string of the molecule is O=C(CC1CCSCC1)c1ccc(I)c(Cl)c1. The molecule has 1 aromatic rings. The van der Waals surface area contributed by atoms with E-state index in [-0.39, 0.29) is 5.78 Å². The third kappa shape index (κ3) is 3.86. The van der Waals surface area contributed by atoms with Crippen LogP contribution in [-0.2, 0) is 0 Å². The Morgan fingerprint density at radius 1 is 1.41 bits per heavy atom. The molecule has 1 heterocycles. The van der Waals surface area contributed by atoms with E-state index in [0.717, 1.165) is 9.13 Å². The highest BCUT2D eigenvalue weighted by atomic mass is 127. The number of hydrogen-bond acceptors (Lipinski definition) is 2. The lowest BCUT2D eigenvalue weighted by molar-refractivity contribution is 0.0958. The number of halogens is 2. The Hall–Kier alpha value is 0.260. The predicted molar refractivity (Wildman–Crippen MR) is 83.2 cm³/mol. The van der Waals surface area contributed by atoms with Crippen LogP contribution in [0, 0.1) is 9.49 Å². The standard InChI is InChI=1S/C13H14ClIOS/c14-11-8-10(1-2-12(11)15)13(16)7-9-3-5-17-6-4-9/h1-2,8-9H,3-7H2. The smallest absolute Gasteiger partial charge is 0.163 e. The van der Waals surface area contributed by atoms with Crippen molar-refractivity contribution in [3.8, 4) is 0 Å². The first-order valence-electron chi connectivity index (χ1n) is 5.73. The summed E-state index contributed by atoms with van der Waals surface area (Å²) in [5.74, 6) is 3.21. The third-order valence-electron chi connectivity index (χ3n) is 3.06. The van der Waals surface area contributed by atoms with Gasteiger partial charge >= 0.3 is 0 Å². The van der Waals surface area contributed by atoms with Crippen molar-refractivity contribution in [1.82, 2.24) is 0 Å². The van der Waals surface area contributed by atoms with Crippen LogP contribution < -0.4 is 0 Å². The van der Waals surface area contributed by atoms with Crippen LogP contribution in [0.1, 0.15) is 29.6 Å². The van der Waals surface area contributed by atoms with E-state index in [2.05, 4.69) is 22.6 Å². The predicted octanol–water partition coefficient (Wildman–Crippen LogP) is 4.66. The van der Waals surface area contributed by atoms with Gasteiger partial charge < -0.3 is 0 Å². The Morgan fingerprint density at radius 3 is 2.76 bits per heavy atom. The number of ketones is 1. The summed E-state index contributed by atoms with van der Waals surface area (Å²) in [6.45, 7) is 0. The lowest BCUT2D eigenvalue weighted by atomic mass is 9.93. The Balaban J connectivity index is 2.01. The molecule has 0 saturated carbocycles. The molecule has 0 unspecified atom stereocenters. The minimum absolute atomic E-state index is 0.236. The molecule has 0 atom stereocenters. The van der Waals surface area contributed by atoms with E-state index < -0.39 is 0 Å². The zero-order chi connectivity index (χ0) is 12.3. The van der Waals surface area contributed by atoms with E-state index >= 15 is 0 Å². The monoisotopic (exact) mass is 380 g/mol. The summed E-state index contributed by atoms with van der Waals surface area (Å²) in [6, 6.07) is 5.59. The molecular formula is C13H14ClIOS. The zero-order valence-electron chi connectivity index (χ0n) is 9.42. The molecule has 0 spiro atoms. The molecule has 4 heteroatoms. The molecule has 1 aliphatic rings. The minimum atomic E-state index is 0.236. The number of carbonyl (C=O) groups is 1. The highest BCUT2D eigenvalue weighted by Gasteiger charge is 2.18. The van der Waals surface area contributed by atoms with Crippen LogP contribution in [0.3, 0.4) is 0 Å². The van der Waals surface area contributed by atoms with Gasteiger partial charge in [-0.3, -0.25) is 4.79 Å². The fraction of sp³-hybridized carbons (Fsp3) is 0.462. The van der Waals surface area contributed by atoms with E-state index in [1.807, 2.05) is 23.9 Å². The molecule has 0 aliphatic carbocycles. The van der Waals surface area contributed by atoms with Crippen LogP contribution in [0.2, 0.25) is 5.02 Å². The maximum absolute atomic E-state index is 12.1. The number of carbonyl (C=O) groups excluding carboxylic acids is 1. The fourth-order valence-corrected chi connectivity index (χ4v) is 3.72. The van der Waals surface area contributed by atoms with Gasteiger partial charge in [0.1, 0.15) is 0 Å². The molecule has 1 fully saturated rings. The van der Waals surface area contributed by atoms with Crippen LogP contribution in [-0.4, -0.2) is 17.3 Å². The van der Waals surface area contributed by atoms with Crippen molar-refractivity contribution in [3.05, 3.63) is 32.4 Å². The van der Waals surface area contributed by atoms with Crippen molar-refractivity contribution in [1.29, 1.82) is 0 Å². The maximum atomic E-state index is 12.1. The topological polar surface area (TPSA) is 17.1 Å². The number of rotatable bonds is 3. The largest absolute Gasteiger partial charge is 0.294 e. The molecule has 92 valence electrons. The van der Waals surface area contributed by atoms with Gasteiger partial charge in [-0.25, -0.2) is 0 Å². The van der Waals surface area contributed by atoms with Crippen LogP contribution in [0.15, 0.2) is 18.2 Å². The van der Waals surface area contributed by atoms with E-state index in [1.165, 1.54) is 24.3 Å². The second-order valence-corrected chi connectivity index (χ2v) is 7.11. The fourth-order valence-electron chi connectivity index (χ4n) is 2.00. The molecule has 1 nitrogen and oxygen atoms in total. The molecule has 0 bridgehead atoms. The van der Waals surface area contributed by atoms with E-state index in [9.17, 15) is 4.79 Å². The van der Waals surface area contributed by atoms with Crippen molar-refractivity contribution in [2.45, 2.75) is 19.3 Å². The van der Waals surface area contributed by atoms with Crippen LogP contribution in [0.5, 0.6) is 0 Å². The average Bonchev–Trinajstić information content (AvgIpc) is 2.34. The number of Topliss-reactive ketones (excluding diaryl/α,β-unsaturated/α-hetero) is 1. The highest BCUT2D eigenvalue weighted by molar-refractivity contribution is 14.1. The normalized spacial score (nSPS) is 17.1. The average molecular weight is 381 g/mol. The van der Waals surface area contributed by atoms with Gasteiger partial charge in [0.05, 0.1) is 5.02 Å². The lowest BCUT2D eigenvalue weighted by Gasteiger charge is -2.20. The third-order valence-corrected chi connectivity index (χ3v) is 5.68. The second kappa shape index (κ2) is 6.43. The van der Waals surface area contributed by atoms with Crippen LogP contribution in [0.25, 0.3) is 0 Å². The van der Waals surface area contributed by atoms with Gasteiger partial charge in [-0.05, 0) is 65.0 Å². The van der Waals surface area contributed by atoms with E-state index in [4.69, 9.17) is 11.6 Å². The summed E-state index contributed by atoms with van der Waals surface area (Å²) >= 11 is 10.2. The molecular weight excluding hydrogens is 367 g/mol. The van der Waals surface area contributed by atoms with E-state index in [1.54, 1.807) is 6.07 Å². The zero-order valence-corrected chi connectivity index (χ0v) is 13.1. The van der Waals surface area contributed by atoms with Crippen LogP contribution in [0.4, 0.5) is 0 Å². The molecule has 0 radical (unpaired) electrons. The molecule has 2 rings (SSSR count). The molecule has 1 aliphatic heterocycles. The lowest BCUT2D eigenvalue weighted by Crippen LogP contribution is -2.14. The molecule has 17 heavy (non-hydrogen) atoms. The first kappa shape index (κ1) is 13.7. The summed E-state index contributed by atoms with van der Waals surface area (Å²) in [5, 5.41) is 0.677. The highest BCUT2D eigenvalue weighted by Crippen LogP contribution is 2.27. The molecule has 1 saturated heterocycles.